The zero-order valence-electron chi connectivity index (χ0n) is 10.8. The Morgan fingerprint density at radius 3 is 2.65 bits per heavy atom. The average molecular weight is 304 g/mol. The van der Waals surface area contributed by atoms with Crippen LogP contribution in [0.2, 0.25) is 0 Å². The number of hydrogen-bond donors (Lipinski definition) is 1. The fourth-order valence-electron chi connectivity index (χ4n) is 1.88. The Morgan fingerprint density at radius 2 is 2.18 bits per heavy atom. The number of ether oxygens (including phenoxy) is 1. The van der Waals surface area contributed by atoms with E-state index in [1.54, 1.807) is 6.26 Å². The van der Waals surface area contributed by atoms with Gasteiger partial charge in [-0.1, -0.05) is 13.8 Å². The van der Waals surface area contributed by atoms with Crippen LogP contribution in [0.3, 0.4) is 0 Å². The molecule has 2 unspecified atom stereocenters. The van der Waals surface area contributed by atoms with E-state index in [1.165, 1.54) is 0 Å². The molecule has 98 valence electrons. The zero-order valence-corrected chi connectivity index (χ0v) is 12.4. The highest BCUT2D eigenvalue weighted by atomic mass is 79.9. The van der Waals surface area contributed by atoms with Gasteiger partial charge in [0.2, 0.25) is 0 Å². The topological polar surface area (TPSA) is 34.4 Å². The Balaban J connectivity index is 2.82. The van der Waals surface area contributed by atoms with Crippen molar-refractivity contribution in [1.82, 2.24) is 5.32 Å². The highest BCUT2D eigenvalue weighted by molar-refractivity contribution is 9.10. The third-order valence-electron chi connectivity index (χ3n) is 2.70. The molecule has 0 aliphatic carbocycles. The molecule has 17 heavy (non-hydrogen) atoms. The first-order valence-electron chi connectivity index (χ1n) is 6.32. The van der Waals surface area contributed by atoms with Gasteiger partial charge in [0.05, 0.1) is 22.9 Å². The van der Waals surface area contributed by atoms with Crippen molar-refractivity contribution in [2.45, 2.75) is 45.8 Å². The van der Waals surface area contributed by atoms with Gasteiger partial charge >= 0.3 is 0 Å². The Bertz CT molecular complexity index is 314. The second-order valence-corrected chi connectivity index (χ2v) is 4.82. The molecule has 4 heteroatoms. The van der Waals surface area contributed by atoms with Gasteiger partial charge < -0.3 is 14.5 Å². The molecule has 1 aromatic heterocycles. The molecule has 0 saturated heterocycles. The van der Waals surface area contributed by atoms with E-state index in [0.29, 0.717) is 0 Å². The van der Waals surface area contributed by atoms with E-state index in [9.17, 15) is 0 Å². The summed E-state index contributed by atoms with van der Waals surface area (Å²) in [6.45, 7) is 8.00. The predicted molar refractivity (Wildman–Crippen MR) is 73.1 cm³/mol. The van der Waals surface area contributed by atoms with Crippen LogP contribution in [-0.2, 0) is 4.74 Å². The number of rotatable bonds is 8. The lowest BCUT2D eigenvalue weighted by atomic mass is 10.1. The molecule has 0 amide bonds. The van der Waals surface area contributed by atoms with Crippen LogP contribution in [0, 0.1) is 0 Å². The summed E-state index contributed by atoms with van der Waals surface area (Å²) in [5.74, 6) is 0.929. The summed E-state index contributed by atoms with van der Waals surface area (Å²) in [4.78, 5) is 0. The largest absolute Gasteiger partial charge is 0.466 e. The van der Waals surface area contributed by atoms with Crippen molar-refractivity contribution in [3.63, 3.8) is 0 Å². The minimum Gasteiger partial charge on any atom is -0.466 e. The van der Waals surface area contributed by atoms with Crippen molar-refractivity contribution < 1.29 is 9.15 Å². The highest BCUT2D eigenvalue weighted by Crippen LogP contribution is 2.29. The first kappa shape index (κ1) is 14.7. The molecular formula is C13H22BrNO2. The number of hydrogen-bond acceptors (Lipinski definition) is 3. The van der Waals surface area contributed by atoms with Crippen molar-refractivity contribution in [2.24, 2.45) is 0 Å². The molecule has 1 rings (SSSR count). The van der Waals surface area contributed by atoms with Gasteiger partial charge in [-0.05, 0) is 48.3 Å². The maximum Gasteiger partial charge on any atom is 0.137 e. The van der Waals surface area contributed by atoms with Crippen LogP contribution in [-0.4, -0.2) is 19.3 Å². The number of furan rings is 1. The lowest BCUT2D eigenvalue weighted by Crippen LogP contribution is -2.34. The smallest absolute Gasteiger partial charge is 0.137 e. The van der Waals surface area contributed by atoms with Crippen molar-refractivity contribution in [2.75, 3.05) is 13.2 Å². The lowest BCUT2D eigenvalue weighted by molar-refractivity contribution is 0.0256. The maximum absolute atomic E-state index is 5.79. The fraction of sp³-hybridized carbons (Fsp3) is 0.692. The van der Waals surface area contributed by atoms with Crippen LogP contribution in [0.4, 0.5) is 0 Å². The van der Waals surface area contributed by atoms with E-state index in [2.05, 4.69) is 35.1 Å². The summed E-state index contributed by atoms with van der Waals surface area (Å²) < 4.78 is 12.4. The van der Waals surface area contributed by atoms with Crippen LogP contribution in [0.15, 0.2) is 21.2 Å². The van der Waals surface area contributed by atoms with Crippen molar-refractivity contribution in [3.8, 4) is 0 Å². The molecule has 0 aromatic carbocycles. The molecule has 0 fully saturated rings. The molecule has 0 saturated carbocycles. The van der Waals surface area contributed by atoms with Gasteiger partial charge in [-0.2, -0.15) is 0 Å². The van der Waals surface area contributed by atoms with Crippen LogP contribution in [0.25, 0.3) is 0 Å². The number of halogens is 1. The van der Waals surface area contributed by atoms with Gasteiger partial charge in [0.25, 0.3) is 0 Å². The van der Waals surface area contributed by atoms with Crippen LogP contribution < -0.4 is 5.32 Å². The Hall–Kier alpha value is -0.320. The summed E-state index contributed by atoms with van der Waals surface area (Å²) in [7, 11) is 0. The quantitative estimate of drug-likeness (QED) is 0.791. The van der Waals surface area contributed by atoms with E-state index in [0.717, 1.165) is 36.2 Å². The van der Waals surface area contributed by atoms with Gasteiger partial charge in [-0.25, -0.2) is 0 Å². The highest BCUT2D eigenvalue weighted by Gasteiger charge is 2.26. The summed E-state index contributed by atoms with van der Waals surface area (Å²) >= 11 is 3.52. The minimum absolute atomic E-state index is 0.115. The van der Waals surface area contributed by atoms with Gasteiger partial charge in [0.1, 0.15) is 5.76 Å². The second kappa shape index (κ2) is 7.90. The zero-order chi connectivity index (χ0) is 12.7. The molecule has 1 heterocycles. The molecule has 0 radical (unpaired) electrons. The summed E-state index contributed by atoms with van der Waals surface area (Å²) in [5, 5.41) is 3.50. The monoisotopic (exact) mass is 303 g/mol. The number of nitrogens with one attached hydrogen (secondary N) is 1. The van der Waals surface area contributed by atoms with E-state index in [-0.39, 0.29) is 12.1 Å². The molecule has 1 N–H and O–H groups in total. The lowest BCUT2D eigenvalue weighted by Gasteiger charge is -2.26. The third kappa shape index (κ3) is 4.12. The van der Waals surface area contributed by atoms with E-state index in [4.69, 9.17) is 9.15 Å². The summed E-state index contributed by atoms with van der Waals surface area (Å²) in [5.41, 5.74) is 0. The van der Waals surface area contributed by atoms with Gasteiger partial charge in [-0.3, -0.25) is 0 Å². The first-order valence-corrected chi connectivity index (χ1v) is 7.11. The molecular weight excluding hydrogens is 282 g/mol. The van der Waals surface area contributed by atoms with Crippen LogP contribution in [0.1, 0.15) is 45.4 Å². The van der Waals surface area contributed by atoms with Crippen LogP contribution >= 0.6 is 15.9 Å². The Morgan fingerprint density at radius 1 is 1.41 bits per heavy atom. The van der Waals surface area contributed by atoms with Gasteiger partial charge in [-0.15, -0.1) is 0 Å². The Kier molecular flexibility index (Phi) is 6.85. The average Bonchev–Trinajstić information content (AvgIpc) is 2.75. The predicted octanol–water partition coefficient (Wildman–Crippen LogP) is 3.90. The van der Waals surface area contributed by atoms with E-state index in [1.807, 2.05) is 13.0 Å². The van der Waals surface area contributed by atoms with E-state index >= 15 is 0 Å². The standard InChI is InChI=1S/C13H22BrNO2/c1-4-8-15-12(11(5-2)16-6-3)13-10(14)7-9-17-13/h7,9,11-12,15H,4-6,8H2,1-3H3. The molecule has 2 atom stereocenters. The van der Waals surface area contributed by atoms with E-state index < -0.39 is 0 Å². The molecule has 0 aliphatic heterocycles. The van der Waals surface area contributed by atoms with Gasteiger partial charge in [0, 0.05) is 6.61 Å². The van der Waals surface area contributed by atoms with Gasteiger partial charge in [0.15, 0.2) is 0 Å². The normalized spacial score (nSPS) is 14.8. The molecule has 1 aromatic rings. The molecule has 3 nitrogen and oxygen atoms in total. The van der Waals surface area contributed by atoms with Crippen LogP contribution in [0.5, 0.6) is 0 Å². The molecule has 0 bridgehead atoms. The Labute approximate surface area is 112 Å². The summed E-state index contributed by atoms with van der Waals surface area (Å²) in [6, 6.07) is 2.04. The first-order chi connectivity index (χ1) is 8.24. The van der Waals surface area contributed by atoms with Crippen molar-refractivity contribution in [3.05, 3.63) is 22.6 Å². The second-order valence-electron chi connectivity index (χ2n) is 3.97. The maximum atomic E-state index is 5.79. The minimum atomic E-state index is 0.115. The van der Waals surface area contributed by atoms with Crippen molar-refractivity contribution in [1.29, 1.82) is 0 Å². The SMILES string of the molecule is CCCNC(c1occc1Br)C(CC)OCC. The van der Waals surface area contributed by atoms with Crippen molar-refractivity contribution >= 4 is 15.9 Å². The third-order valence-corrected chi connectivity index (χ3v) is 3.35. The summed E-state index contributed by atoms with van der Waals surface area (Å²) in [6.07, 6.45) is 3.91. The fourth-order valence-corrected chi connectivity index (χ4v) is 2.33. The molecule has 0 aliphatic rings. The molecule has 0 spiro atoms.